The molecule has 1 aliphatic heterocycles. The third-order valence-corrected chi connectivity index (χ3v) is 4.29. The Hall–Kier alpha value is -1.10. The molecule has 1 aromatic heterocycles. The van der Waals surface area contributed by atoms with E-state index >= 15 is 0 Å². The largest absolute Gasteiger partial charge is 0.476 e. The molecule has 0 amide bonds. The molecule has 5 heteroatoms. The monoisotopic (exact) mass is 281 g/mol. The van der Waals surface area contributed by atoms with Crippen molar-refractivity contribution in [2.45, 2.75) is 37.7 Å². The molecule has 0 aliphatic carbocycles. The lowest BCUT2D eigenvalue weighted by atomic mass is 10.3. The molecular formula is C14H23N3OS. The smallest absolute Gasteiger partial charge is 0.239 e. The first-order valence-electron chi connectivity index (χ1n) is 6.90. The summed E-state index contributed by atoms with van der Waals surface area (Å²) < 4.78 is 5.60. The van der Waals surface area contributed by atoms with E-state index in [1.165, 1.54) is 0 Å². The molecule has 1 saturated heterocycles. The predicted molar refractivity (Wildman–Crippen MR) is 83.2 cm³/mol. The Morgan fingerprint density at radius 1 is 1.37 bits per heavy atom. The molecule has 0 radical (unpaired) electrons. The van der Waals surface area contributed by atoms with Gasteiger partial charge in [-0.3, -0.25) is 0 Å². The lowest BCUT2D eigenvalue weighted by Gasteiger charge is -2.35. The van der Waals surface area contributed by atoms with Crippen LogP contribution in [0.2, 0.25) is 0 Å². The Balaban J connectivity index is 2.15. The Bertz CT molecular complexity index is 417. The molecule has 2 unspecified atom stereocenters. The summed E-state index contributed by atoms with van der Waals surface area (Å²) in [7, 11) is 0. The van der Waals surface area contributed by atoms with Crippen molar-refractivity contribution in [3.8, 4) is 5.88 Å². The van der Waals surface area contributed by atoms with Gasteiger partial charge in [-0.1, -0.05) is 20.8 Å². The topological polar surface area (TPSA) is 51.4 Å². The third kappa shape index (κ3) is 3.69. The van der Waals surface area contributed by atoms with Crippen molar-refractivity contribution in [2.24, 2.45) is 0 Å². The van der Waals surface area contributed by atoms with Crippen molar-refractivity contribution < 1.29 is 4.74 Å². The Labute approximate surface area is 119 Å². The van der Waals surface area contributed by atoms with Crippen LogP contribution in [0.15, 0.2) is 12.1 Å². The lowest BCUT2D eigenvalue weighted by Crippen LogP contribution is -2.40. The van der Waals surface area contributed by atoms with E-state index in [0.29, 0.717) is 28.7 Å². The highest BCUT2D eigenvalue weighted by Gasteiger charge is 2.23. The highest BCUT2D eigenvalue weighted by molar-refractivity contribution is 8.00. The van der Waals surface area contributed by atoms with Crippen molar-refractivity contribution in [3.05, 3.63) is 12.1 Å². The van der Waals surface area contributed by atoms with Gasteiger partial charge in [-0.15, -0.1) is 0 Å². The SMILES string of the molecule is CCCOc1nc(N2CC(C)SC(C)C2)ccc1N. The normalized spacial score (nSPS) is 23.4. The molecule has 0 spiro atoms. The predicted octanol–water partition coefficient (Wildman–Crippen LogP) is 2.78. The summed E-state index contributed by atoms with van der Waals surface area (Å²) in [6, 6.07) is 3.88. The van der Waals surface area contributed by atoms with Crippen LogP contribution in [0.5, 0.6) is 5.88 Å². The molecule has 106 valence electrons. The number of nitrogens with zero attached hydrogens (tertiary/aromatic N) is 2. The number of anilines is 2. The zero-order valence-corrected chi connectivity index (χ0v) is 12.7. The van der Waals surface area contributed by atoms with Crippen LogP contribution in [-0.2, 0) is 0 Å². The van der Waals surface area contributed by atoms with Gasteiger partial charge in [0.15, 0.2) is 0 Å². The van der Waals surface area contributed by atoms with Gasteiger partial charge in [-0.2, -0.15) is 16.7 Å². The number of ether oxygens (including phenoxy) is 1. The number of rotatable bonds is 4. The summed E-state index contributed by atoms with van der Waals surface area (Å²) in [6.45, 7) is 9.31. The molecular weight excluding hydrogens is 258 g/mol. The Kier molecular flexibility index (Phi) is 4.80. The van der Waals surface area contributed by atoms with Crippen LogP contribution in [-0.4, -0.2) is 35.2 Å². The van der Waals surface area contributed by atoms with Gasteiger partial charge in [0, 0.05) is 23.6 Å². The van der Waals surface area contributed by atoms with Crippen LogP contribution >= 0.6 is 11.8 Å². The molecule has 0 bridgehead atoms. The van der Waals surface area contributed by atoms with Gasteiger partial charge in [0.2, 0.25) is 5.88 Å². The molecule has 2 atom stereocenters. The molecule has 0 saturated carbocycles. The van der Waals surface area contributed by atoms with Crippen molar-refractivity contribution in [1.82, 2.24) is 4.98 Å². The van der Waals surface area contributed by atoms with Crippen molar-refractivity contribution in [1.29, 1.82) is 0 Å². The van der Waals surface area contributed by atoms with Crippen molar-refractivity contribution in [2.75, 3.05) is 30.3 Å². The molecule has 2 rings (SSSR count). The third-order valence-electron chi connectivity index (χ3n) is 3.06. The minimum Gasteiger partial charge on any atom is -0.476 e. The molecule has 1 aromatic rings. The number of nitrogen functional groups attached to an aromatic ring is 1. The minimum atomic E-state index is 0.567. The van der Waals surface area contributed by atoms with Gasteiger partial charge >= 0.3 is 0 Å². The Morgan fingerprint density at radius 3 is 2.68 bits per heavy atom. The van der Waals surface area contributed by atoms with Gasteiger partial charge in [-0.05, 0) is 18.6 Å². The van der Waals surface area contributed by atoms with E-state index in [2.05, 4.69) is 30.7 Å². The van der Waals surface area contributed by atoms with Crippen molar-refractivity contribution >= 4 is 23.3 Å². The van der Waals surface area contributed by atoms with Crippen LogP contribution in [0.4, 0.5) is 11.5 Å². The zero-order valence-electron chi connectivity index (χ0n) is 11.9. The quantitative estimate of drug-likeness (QED) is 0.919. The number of pyridine rings is 1. The number of hydrogen-bond donors (Lipinski definition) is 1. The first-order valence-corrected chi connectivity index (χ1v) is 7.84. The van der Waals surface area contributed by atoms with Gasteiger partial charge in [0.25, 0.3) is 0 Å². The second kappa shape index (κ2) is 6.37. The summed E-state index contributed by atoms with van der Waals surface area (Å²) >= 11 is 2.04. The maximum absolute atomic E-state index is 5.90. The van der Waals surface area contributed by atoms with Crippen LogP contribution < -0.4 is 15.4 Å². The van der Waals surface area contributed by atoms with Crippen LogP contribution in [0, 0.1) is 0 Å². The molecule has 2 heterocycles. The van der Waals surface area contributed by atoms with Gasteiger partial charge < -0.3 is 15.4 Å². The minimum absolute atomic E-state index is 0.567. The molecule has 1 aliphatic rings. The summed E-state index contributed by atoms with van der Waals surface area (Å²) in [5.41, 5.74) is 6.52. The molecule has 4 nitrogen and oxygen atoms in total. The second-order valence-electron chi connectivity index (χ2n) is 5.07. The number of aromatic nitrogens is 1. The van der Waals surface area contributed by atoms with E-state index < -0.39 is 0 Å². The molecule has 0 aromatic carbocycles. The van der Waals surface area contributed by atoms with Crippen molar-refractivity contribution in [3.63, 3.8) is 0 Å². The van der Waals surface area contributed by atoms with E-state index in [9.17, 15) is 0 Å². The van der Waals surface area contributed by atoms with E-state index in [-0.39, 0.29) is 0 Å². The van der Waals surface area contributed by atoms with Crippen LogP contribution in [0.25, 0.3) is 0 Å². The summed E-state index contributed by atoms with van der Waals surface area (Å²) in [4.78, 5) is 6.90. The first-order chi connectivity index (χ1) is 9.10. The average Bonchev–Trinajstić information content (AvgIpc) is 2.36. The highest BCUT2D eigenvalue weighted by atomic mass is 32.2. The summed E-state index contributed by atoms with van der Waals surface area (Å²) in [5.74, 6) is 1.54. The number of hydrogen-bond acceptors (Lipinski definition) is 5. The molecule has 19 heavy (non-hydrogen) atoms. The molecule has 2 N–H and O–H groups in total. The standard InChI is InChI=1S/C14H23N3OS/c1-4-7-18-14-12(15)5-6-13(16-14)17-8-10(2)19-11(3)9-17/h5-6,10-11H,4,7-9,15H2,1-3H3. The lowest BCUT2D eigenvalue weighted by molar-refractivity contribution is 0.307. The van der Waals surface area contributed by atoms with Gasteiger partial charge in [0.05, 0.1) is 12.3 Å². The summed E-state index contributed by atoms with van der Waals surface area (Å²) in [5, 5.41) is 1.26. The highest BCUT2D eigenvalue weighted by Crippen LogP contribution is 2.30. The first kappa shape index (κ1) is 14.3. The summed E-state index contributed by atoms with van der Waals surface area (Å²) in [6.07, 6.45) is 0.958. The fraction of sp³-hybridized carbons (Fsp3) is 0.643. The van der Waals surface area contributed by atoms with Crippen LogP contribution in [0.3, 0.4) is 0 Å². The Morgan fingerprint density at radius 2 is 2.05 bits per heavy atom. The van der Waals surface area contributed by atoms with Gasteiger partial charge in [-0.25, -0.2) is 0 Å². The van der Waals surface area contributed by atoms with Crippen LogP contribution in [0.1, 0.15) is 27.2 Å². The van der Waals surface area contributed by atoms with E-state index in [4.69, 9.17) is 10.5 Å². The van der Waals surface area contributed by atoms with E-state index in [0.717, 1.165) is 25.3 Å². The van der Waals surface area contributed by atoms with E-state index in [1.807, 2.05) is 23.9 Å². The second-order valence-corrected chi connectivity index (χ2v) is 6.96. The fourth-order valence-corrected chi connectivity index (χ4v) is 3.62. The number of nitrogens with two attached hydrogens (primary N) is 1. The van der Waals surface area contributed by atoms with E-state index in [1.54, 1.807) is 0 Å². The zero-order chi connectivity index (χ0) is 13.8. The maximum Gasteiger partial charge on any atom is 0.239 e. The maximum atomic E-state index is 5.90. The van der Waals surface area contributed by atoms with Gasteiger partial charge in [0.1, 0.15) is 5.82 Å². The number of thioether (sulfide) groups is 1. The molecule has 1 fully saturated rings. The fourth-order valence-electron chi connectivity index (χ4n) is 2.30. The average molecular weight is 281 g/mol.